The summed E-state index contributed by atoms with van der Waals surface area (Å²) in [5.74, 6) is 0.745. The highest BCUT2D eigenvalue weighted by atomic mass is 16.5. The van der Waals surface area contributed by atoms with Crippen molar-refractivity contribution in [3.8, 4) is 11.5 Å². The molecule has 1 fully saturated rings. The van der Waals surface area contributed by atoms with Crippen LogP contribution in [0.3, 0.4) is 0 Å². The number of carbonyl (C=O) groups is 2. The highest BCUT2D eigenvalue weighted by Gasteiger charge is 2.32. The van der Waals surface area contributed by atoms with Crippen molar-refractivity contribution in [2.75, 3.05) is 0 Å². The Balaban J connectivity index is 1.66. The molecule has 1 N–H and O–H groups in total. The predicted octanol–water partition coefficient (Wildman–Crippen LogP) is 3.61. The summed E-state index contributed by atoms with van der Waals surface area (Å²) < 4.78 is 11.4. The summed E-state index contributed by atoms with van der Waals surface area (Å²) in [5.41, 5.74) is 0.753. The van der Waals surface area contributed by atoms with Crippen LogP contribution in [-0.2, 0) is 20.9 Å². The van der Waals surface area contributed by atoms with Crippen molar-refractivity contribution in [3.05, 3.63) is 54.4 Å². The molecule has 1 atom stereocenters. The van der Waals surface area contributed by atoms with Gasteiger partial charge < -0.3 is 14.8 Å². The van der Waals surface area contributed by atoms with Gasteiger partial charge in [0.25, 0.3) is 0 Å². The second kappa shape index (κ2) is 9.16. The molecular weight excluding hydrogens is 344 g/mol. The average molecular weight is 368 g/mol. The Labute approximate surface area is 158 Å². The molecule has 27 heavy (non-hydrogen) atoms. The molecule has 1 aromatic carbocycles. The van der Waals surface area contributed by atoms with Gasteiger partial charge in [0.1, 0.15) is 24.1 Å². The van der Waals surface area contributed by atoms with E-state index in [0.29, 0.717) is 11.5 Å². The summed E-state index contributed by atoms with van der Waals surface area (Å²) >= 11 is 0. The van der Waals surface area contributed by atoms with Crippen molar-refractivity contribution in [1.29, 1.82) is 0 Å². The maximum absolute atomic E-state index is 12.6. The van der Waals surface area contributed by atoms with Gasteiger partial charge in [0.2, 0.25) is 5.91 Å². The Kier molecular flexibility index (Phi) is 6.41. The first-order valence-electron chi connectivity index (χ1n) is 9.23. The van der Waals surface area contributed by atoms with E-state index in [9.17, 15) is 9.59 Å². The van der Waals surface area contributed by atoms with Gasteiger partial charge >= 0.3 is 5.97 Å². The van der Waals surface area contributed by atoms with Crippen LogP contribution >= 0.6 is 0 Å². The van der Waals surface area contributed by atoms with E-state index in [2.05, 4.69) is 10.3 Å². The maximum atomic E-state index is 12.6. The number of para-hydroxylation sites is 1. The van der Waals surface area contributed by atoms with Crippen LogP contribution < -0.4 is 10.1 Å². The number of amides is 1. The molecule has 0 aliphatic heterocycles. The third-order valence-corrected chi connectivity index (χ3v) is 4.69. The van der Waals surface area contributed by atoms with Crippen LogP contribution in [0.2, 0.25) is 0 Å². The normalized spacial score (nSPS) is 15.1. The van der Waals surface area contributed by atoms with Crippen molar-refractivity contribution in [3.63, 3.8) is 0 Å². The van der Waals surface area contributed by atoms with Crippen LogP contribution in [0.1, 0.15) is 38.2 Å². The number of aromatic nitrogens is 1. The maximum Gasteiger partial charge on any atom is 0.329 e. The molecular formula is C21H24N2O4. The lowest BCUT2D eigenvalue weighted by atomic mass is 9.98. The number of benzene rings is 1. The molecule has 1 unspecified atom stereocenters. The first-order chi connectivity index (χ1) is 13.1. The molecule has 142 valence electrons. The second-order valence-corrected chi connectivity index (χ2v) is 6.73. The zero-order valence-electron chi connectivity index (χ0n) is 15.4. The molecule has 1 saturated carbocycles. The van der Waals surface area contributed by atoms with Gasteiger partial charge in [0.15, 0.2) is 0 Å². The van der Waals surface area contributed by atoms with E-state index < -0.39 is 12.0 Å². The number of nitrogens with zero attached hydrogens (tertiary/aromatic N) is 1. The van der Waals surface area contributed by atoms with Crippen LogP contribution in [0.4, 0.5) is 0 Å². The monoisotopic (exact) mass is 368 g/mol. The van der Waals surface area contributed by atoms with Gasteiger partial charge in [-0.25, -0.2) is 4.79 Å². The van der Waals surface area contributed by atoms with Gasteiger partial charge in [-0.05, 0) is 37.0 Å². The van der Waals surface area contributed by atoms with Gasteiger partial charge in [-0.1, -0.05) is 31.0 Å². The molecule has 1 amide bonds. The Morgan fingerprint density at radius 1 is 1.19 bits per heavy atom. The molecule has 3 rings (SSSR count). The van der Waals surface area contributed by atoms with Gasteiger partial charge in [-0.3, -0.25) is 9.78 Å². The third kappa shape index (κ3) is 5.29. The molecule has 1 aliphatic rings. The molecule has 0 spiro atoms. The molecule has 6 heteroatoms. The topological polar surface area (TPSA) is 77.5 Å². The van der Waals surface area contributed by atoms with Gasteiger partial charge in [-0.2, -0.15) is 0 Å². The van der Waals surface area contributed by atoms with Crippen LogP contribution in [-0.4, -0.2) is 22.9 Å². The highest BCUT2D eigenvalue weighted by molar-refractivity contribution is 5.83. The largest absolute Gasteiger partial charge is 0.459 e. The van der Waals surface area contributed by atoms with E-state index in [4.69, 9.17) is 9.47 Å². The lowest BCUT2D eigenvalue weighted by Gasteiger charge is -2.22. The molecule has 0 radical (unpaired) electrons. The van der Waals surface area contributed by atoms with Crippen molar-refractivity contribution < 1.29 is 19.1 Å². The number of rotatable bonds is 7. The fourth-order valence-electron chi connectivity index (χ4n) is 3.37. The minimum Gasteiger partial charge on any atom is -0.459 e. The smallest absolute Gasteiger partial charge is 0.329 e. The fraction of sp³-hybridized carbons (Fsp3) is 0.381. The standard InChI is InChI=1S/C21H24N2O4/c1-15(24)23-20(16-7-2-3-8-16)21(25)26-14-17-9-4-5-11-19(17)27-18-10-6-12-22-13-18/h4-6,9-13,16,20H,2-3,7-8,14H2,1H3,(H,23,24). The zero-order chi connectivity index (χ0) is 19.1. The fourth-order valence-corrected chi connectivity index (χ4v) is 3.37. The highest BCUT2D eigenvalue weighted by Crippen LogP contribution is 2.29. The Bertz CT molecular complexity index is 773. The van der Waals surface area contributed by atoms with E-state index in [1.807, 2.05) is 30.3 Å². The molecule has 1 aliphatic carbocycles. The van der Waals surface area contributed by atoms with Crippen molar-refractivity contribution in [1.82, 2.24) is 10.3 Å². The van der Waals surface area contributed by atoms with E-state index >= 15 is 0 Å². The summed E-state index contributed by atoms with van der Waals surface area (Å²) in [5, 5.41) is 2.76. The van der Waals surface area contributed by atoms with Crippen molar-refractivity contribution >= 4 is 11.9 Å². The van der Waals surface area contributed by atoms with E-state index in [-0.39, 0.29) is 18.4 Å². The SMILES string of the molecule is CC(=O)NC(C(=O)OCc1ccccc1Oc1cccnc1)C1CCCC1. The minimum atomic E-state index is -0.587. The van der Waals surface area contributed by atoms with E-state index in [1.165, 1.54) is 6.92 Å². The number of carbonyl (C=O) groups excluding carboxylic acids is 2. The number of esters is 1. The Hall–Kier alpha value is -2.89. The number of pyridine rings is 1. The van der Waals surface area contributed by atoms with Crippen LogP contribution in [0.5, 0.6) is 11.5 Å². The molecule has 2 aromatic rings. The molecule has 1 heterocycles. The number of hydrogen-bond donors (Lipinski definition) is 1. The van der Waals surface area contributed by atoms with Gasteiger partial charge in [-0.15, -0.1) is 0 Å². The first-order valence-corrected chi connectivity index (χ1v) is 9.23. The predicted molar refractivity (Wildman–Crippen MR) is 100 cm³/mol. The Morgan fingerprint density at radius 2 is 1.96 bits per heavy atom. The summed E-state index contributed by atoms with van der Waals surface area (Å²) in [4.78, 5) is 28.2. The molecule has 0 saturated heterocycles. The number of nitrogens with one attached hydrogen (secondary N) is 1. The van der Waals surface area contributed by atoms with E-state index in [1.54, 1.807) is 18.5 Å². The van der Waals surface area contributed by atoms with Crippen molar-refractivity contribution in [2.45, 2.75) is 45.3 Å². The van der Waals surface area contributed by atoms with Gasteiger partial charge in [0.05, 0.1) is 6.20 Å². The summed E-state index contributed by atoms with van der Waals surface area (Å²) in [6.45, 7) is 1.50. The van der Waals surface area contributed by atoms with Gasteiger partial charge in [0, 0.05) is 18.7 Å². The summed E-state index contributed by atoms with van der Waals surface area (Å²) in [6, 6.07) is 10.4. The Morgan fingerprint density at radius 3 is 2.67 bits per heavy atom. The molecule has 1 aromatic heterocycles. The quantitative estimate of drug-likeness (QED) is 0.756. The lowest BCUT2D eigenvalue weighted by Crippen LogP contribution is -2.45. The third-order valence-electron chi connectivity index (χ3n) is 4.69. The van der Waals surface area contributed by atoms with Crippen LogP contribution in [0, 0.1) is 5.92 Å². The summed E-state index contributed by atoms with van der Waals surface area (Å²) in [7, 11) is 0. The van der Waals surface area contributed by atoms with Crippen LogP contribution in [0.25, 0.3) is 0 Å². The van der Waals surface area contributed by atoms with Crippen molar-refractivity contribution in [2.24, 2.45) is 5.92 Å². The first kappa shape index (κ1) is 18.9. The number of hydrogen-bond acceptors (Lipinski definition) is 5. The second-order valence-electron chi connectivity index (χ2n) is 6.73. The zero-order valence-corrected chi connectivity index (χ0v) is 15.4. The minimum absolute atomic E-state index is 0.0814. The van der Waals surface area contributed by atoms with E-state index in [0.717, 1.165) is 31.2 Å². The lowest BCUT2D eigenvalue weighted by molar-refractivity contribution is -0.150. The average Bonchev–Trinajstić information content (AvgIpc) is 3.20. The number of ether oxygens (including phenoxy) is 2. The summed E-state index contributed by atoms with van der Waals surface area (Å²) in [6.07, 6.45) is 7.31. The molecule has 6 nitrogen and oxygen atoms in total. The van der Waals surface area contributed by atoms with Crippen LogP contribution in [0.15, 0.2) is 48.8 Å². The molecule has 0 bridgehead atoms.